The smallest absolute Gasteiger partial charge is 0.235 e. The van der Waals surface area contributed by atoms with Crippen LogP contribution in [0.3, 0.4) is 0 Å². The molecule has 0 fully saturated rings. The normalized spacial score (nSPS) is 12.3. The molecule has 5 nitrogen and oxygen atoms in total. The Bertz CT molecular complexity index is 454. The molecule has 0 saturated heterocycles. The molecular weight excluding hydrogens is 205 g/mol. The molecule has 0 spiro atoms. The van der Waals surface area contributed by atoms with Gasteiger partial charge in [-0.05, 0) is 0 Å². The highest BCUT2D eigenvalue weighted by Gasteiger charge is 2.24. The number of phenolic OH excluding ortho intramolecular Hbond substituents is 1. The van der Waals surface area contributed by atoms with Gasteiger partial charge < -0.3 is 14.6 Å². The third-order valence-electron chi connectivity index (χ3n) is 1.99. The van der Waals surface area contributed by atoms with E-state index in [2.05, 4.69) is 4.99 Å². The van der Waals surface area contributed by atoms with Gasteiger partial charge in [-0.1, -0.05) is 0 Å². The molecule has 1 aromatic rings. The molecule has 1 aliphatic heterocycles. The van der Waals surface area contributed by atoms with Crippen LogP contribution in [0.15, 0.2) is 11.1 Å². The van der Waals surface area contributed by atoms with E-state index in [-0.39, 0.29) is 30.4 Å². The molecule has 78 valence electrons. The number of ether oxygens (including phenoxy) is 2. The fourth-order valence-corrected chi connectivity index (χ4v) is 1.32. The Labute approximate surface area is 83.8 Å². The van der Waals surface area contributed by atoms with E-state index < -0.39 is 11.6 Å². The van der Waals surface area contributed by atoms with Crippen molar-refractivity contribution < 1.29 is 23.8 Å². The highest BCUT2D eigenvalue weighted by molar-refractivity contribution is 5.55. The number of isocyanates is 1. The van der Waals surface area contributed by atoms with Crippen LogP contribution in [-0.2, 0) is 11.3 Å². The molecular formula is C9H6FNO4. The summed E-state index contributed by atoms with van der Waals surface area (Å²) >= 11 is 0. The van der Waals surface area contributed by atoms with Gasteiger partial charge in [0.1, 0.15) is 0 Å². The molecule has 1 N–H and O–H groups in total. The van der Waals surface area contributed by atoms with Gasteiger partial charge in [0, 0.05) is 6.07 Å². The van der Waals surface area contributed by atoms with Crippen molar-refractivity contribution in [3.8, 4) is 17.2 Å². The maximum Gasteiger partial charge on any atom is 0.235 e. The van der Waals surface area contributed by atoms with E-state index in [1.165, 1.54) is 6.08 Å². The number of aromatic hydroxyl groups is 1. The number of rotatable bonds is 2. The molecule has 0 aliphatic carbocycles. The third kappa shape index (κ3) is 1.51. The fourth-order valence-electron chi connectivity index (χ4n) is 1.32. The molecule has 6 heteroatoms. The summed E-state index contributed by atoms with van der Waals surface area (Å²) in [4.78, 5) is 13.2. The maximum atomic E-state index is 13.1. The highest BCUT2D eigenvalue weighted by Crippen LogP contribution is 2.42. The number of halogens is 1. The molecule has 2 rings (SSSR count). The van der Waals surface area contributed by atoms with E-state index in [1.54, 1.807) is 0 Å². The second-order valence-corrected chi connectivity index (χ2v) is 2.83. The lowest BCUT2D eigenvalue weighted by molar-refractivity contribution is 0.173. The minimum absolute atomic E-state index is 0.0456. The lowest BCUT2D eigenvalue weighted by Crippen LogP contribution is -1.94. The Morgan fingerprint density at radius 1 is 1.60 bits per heavy atom. The Kier molecular flexibility index (Phi) is 2.27. The Morgan fingerprint density at radius 3 is 3.13 bits per heavy atom. The van der Waals surface area contributed by atoms with Crippen molar-refractivity contribution in [3.05, 3.63) is 17.4 Å². The number of fused-ring (bicyclic) bond motifs is 1. The monoisotopic (exact) mass is 211 g/mol. The van der Waals surface area contributed by atoms with Crippen molar-refractivity contribution in [3.63, 3.8) is 0 Å². The van der Waals surface area contributed by atoms with E-state index in [1.807, 2.05) is 0 Å². The van der Waals surface area contributed by atoms with Crippen LogP contribution in [-0.4, -0.2) is 18.0 Å². The maximum absolute atomic E-state index is 13.1. The zero-order chi connectivity index (χ0) is 10.8. The first-order chi connectivity index (χ1) is 7.24. The molecule has 0 radical (unpaired) electrons. The van der Waals surface area contributed by atoms with Gasteiger partial charge in [-0.15, -0.1) is 0 Å². The van der Waals surface area contributed by atoms with Gasteiger partial charge in [0.15, 0.2) is 23.1 Å². The minimum Gasteiger partial charge on any atom is -0.504 e. The minimum atomic E-state index is -0.838. The number of hydrogen-bond acceptors (Lipinski definition) is 5. The van der Waals surface area contributed by atoms with Gasteiger partial charge in [0.25, 0.3) is 0 Å². The Hall–Kier alpha value is -2.07. The summed E-state index contributed by atoms with van der Waals surface area (Å²) in [5.41, 5.74) is 0.0888. The SMILES string of the molecule is O=C=NCc1c(O)c(F)cc2c1OCO2. The largest absolute Gasteiger partial charge is 0.504 e. The van der Waals surface area contributed by atoms with Crippen molar-refractivity contribution in [1.82, 2.24) is 0 Å². The van der Waals surface area contributed by atoms with Crippen LogP contribution in [0.25, 0.3) is 0 Å². The topological polar surface area (TPSA) is 68.1 Å². The zero-order valence-electron chi connectivity index (χ0n) is 7.49. The molecule has 0 atom stereocenters. The third-order valence-corrected chi connectivity index (χ3v) is 1.99. The van der Waals surface area contributed by atoms with Crippen molar-refractivity contribution in [2.24, 2.45) is 4.99 Å². The molecule has 0 aromatic heterocycles. The molecule has 0 bridgehead atoms. The molecule has 15 heavy (non-hydrogen) atoms. The van der Waals surface area contributed by atoms with Crippen LogP contribution in [0.2, 0.25) is 0 Å². The number of phenols is 1. The van der Waals surface area contributed by atoms with E-state index in [4.69, 9.17) is 9.47 Å². The predicted molar refractivity (Wildman–Crippen MR) is 46.0 cm³/mol. The van der Waals surface area contributed by atoms with Crippen LogP contribution >= 0.6 is 0 Å². The number of benzene rings is 1. The van der Waals surface area contributed by atoms with E-state index in [9.17, 15) is 14.3 Å². The molecule has 1 heterocycles. The lowest BCUT2D eigenvalue weighted by Gasteiger charge is -2.05. The summed E-state index contributed by atoms with van der Waals surface area (Å²) in [7, 11) is 0. The molecule has 0 amide bonds. The van der Waals surface area contributed by atoms with Crippen molar-refractivity contribution in [1.29, 1.82) is 0 Å². The standard InChI is InChI=1S/C9H6FNO4/c10-6-1-7-9(15-4-14-7)5(8(6)13)2-11-3-12/h1,13H,2,4H2. The summed E-state index contributed by atoms with van der Waals surface area (Å²) in [6.45, 7) is -0.241. The number of carbonyl (C=O) groups excluding carboxylic acids is 1. The van der Waals surface area contributed by atoms with Crippen molar-refractivity contribution in [2.75, 3.05) is 6.79 Å². The summed E-state index contributed by atoms with van der Waals surface area (Å²) in [6, 6.07) is 1.02. The van der Waals surface area contributed by atoms with Crippen molar-refractivity contribution in [2.45, 2.75) is 6.54 Å². The summed E-state index contributed by atoms with van der Waals surface area (Å²) in [6.07, 6.45) is 1.30. The van der Waals surface area contributed by atoms with Crippen LogP contribution in [0.4, 0.5) is 4.39 Å². The average molecular weight is 211 g/mol. The number of aliphatic imine (C=N–C) groups is 1. The molecule has 0 saturated carbocycles. The van der Waals surface area contributed by atoms with Gasteiger partial charge >= 0.3 is 0 Å². The lowest BCUT2D eigenvalue weighted by atomic mass is 10.1. The number of nitrogens with zero attached hydrogens (tertiary/aromatic N) is 1. The van der Waals surface area contributed by atoms with Gasteiger partial charge in [0.2, 0.25) is 12.9 Å². The van der Waals surface area contributed by atoms with E-state index in [0.717, 1.165) is 6.07 Å². The predicted octanol–water partition coefficient (Wildman–Crippen LogP) is 1.10. The van der Waals surface area contributed by atoms with E-state index >= 15 is 0 Å². The van der Waals surface area contributed by atoms with E-state index in [0.29, 0.717) is 0 Å². The quantitative estimate of drug-likeness (QED) is 0.587. The summed E-state index contributed by atoms with van der Waals surface area (Å²) in [5, 5.41) is 9.39. The summed E-state index contributed by atoms with van der Waals surface area (Å²) < 4.78 is 23.1. The van der Waals surface area contributed by atoms with Gasteiger partial charge in [0.05, 0.1) is 12.1 Å². The number of hydrogen-bond donors (Lipinski definition) is 1. The molecule has 1 aromatic carbocycles. The first-order valence-electron chi connectivity index (χ1n) is 4.07. The second kappa shape index (κ2) is 3.59. The van der Waals surface area contributed by atoms with Crippen molar-refractivity contribution >= 4 is 6.08 Å². The zero-order valence-corrected chi connectivity index (χ0v) is 7.49. The first kappa shape index (κ1) is 9.48. The summed E-state index contributed by atoms with van der Waals surface area (Å²) in [5.74, 6) is -1.01. The average Bonchev–Trinajstić information content (AvgIpc) is 2.66. The van der Waals surface area contributed by atoms with Crippen LogP contribution < -0.4 is 9.47 Å². The first-order valence-corrected chi connectivity index (χ1v) is 4.07. The second-order valence-electron chi connectivity index (χ2n) is 2.83. The van der Waals surface area contributed by atoms with Gasteiger partial charge in [-0.2, -0.15) is 0 Å². The Balaban J connectivity index is 2.54. The highest BCUT2D eigenvalue weighted by atomic mass is 19.1. The van der Waals surface area contributed by atoms with Crippen LogP contribution in [0, 0.1) is 5.82 Å². The fraction of sp³-hybridized carbons (Fsp3) is 0.222. The van der Waals surface area contributed by atoms with Gasteiger partial charge in [-0.25, -0.2) is 14.2 Å². The molecule has 1 aliphatic rings. The van der Waals surface area contributed by atoms with Gasteiger partial charge in [-0.3, -0.25) is 0 Å². The van der Waals surface area contributed by atoms with Crippen LogP contribution in [0.1, 0.15) is 5.56 Å². The molecule has 0 unspecified atom stereocenters. The van der Waals surface area contributed by atoms with Crippen LogP contribution in [0.5, 0.6) is 17.2 Å². The Morgan fingerprint density at radius 2 is 2.40 bits per heavy atom.